The fourth-order valence-electron chi connectivity index (χ4n) is 2.31. The monoisotopic (exact) mass is 367 g/mol. The van der Waals surface area contributed by atoms with Gasteiger partial charge in [-0.05, 0) is 25.5 Å². The van der Waals surface area contributed by atoms with Crippen LogP contribution in [0.15, 0.2) is 17.0 Å². The minimum atomic E-state index is -3.92. The fourth-order valence-corrected chi connectivity index (χ4v) is 4.69. The van der Waals surface area contributed by atoms with Crippen LogP contribution in [0.25, 0.3) is 0 Å². The molecule has 1 saturated heterocycles. The molecule has 1 fully saturated rings. The summed E-state index contributed by atoms with van der Waals surface area (Å²) in [7, 11) is -2.53. The maximum atomic E-state index is 12.7. The molecular formula is C13H15Cl2NO5S. The lowest BCUT2D eigenvalue weighted by atomic mass is 9.90. The predicted molar refractivity (Wildman–Crippen MR) is 82.1 cm³/mol. The number of hydrogen-bond acceptors (Lipinski definition) is 4. The highest BCUT2D eigenvalue weighted by atomic mass is 35.5. The normalized spacial score (nSPS) is 22.7. The van der Waals surface area contributed by atoms with Gasteiger partial charge in [-0.1, -0.05) is 23.2 Å². The maximum Gasteiger partial charge on any atom is 0.310 e. The lowest BCUT2D eigenvalue weighted by Crippen LogP contribution is -2.35. The summed E-state index contributed by atoms with van der Waals surface area (Å²) in [5, 5.41) is 9.08. The molecule has 0 amide bonds. The Labute approximate surface area is 138 Å². The van der Waals surface area contributed by atoms with E-state index in [2.05, 4.69) is 0 Å². The number of nitrogens with zero attached hydrogens (tertiary/aromatic N) is 1. The first kappa shape index (κ1) is 17.3. The van der Waals surface area contributed by atoms with E-state index in [0.717, 1.165) is 4.31 Å². The van der Waals surface area contributed by atoms with E-state index in [1.165, 1.54) is 26.2 Å². The minimum absolute atomic E-state index is 0.00503. The van der Waals surface area contributed by atoms with Gasteiger partial charge in [-0.3, -0.25) is 4.79 Å². The summed E-state index contributed by atoms with van der Waals surface area (Å²) in [5.74, 6) is -0.758. The van der Waals surface area contributed by atoms with Gasteiger partial charge in [-0.15, -0.1) is 0 Å². The van der Waals surface area contributed by atoms with Gasteiger partial charge in [0.2, 0.25) is 10.0 Å². The molecule has 0 aliphatic carbocycles. The number of hydrogen-bond donors (Lipinski definition) is 1. The van der Waals surface area contributed by atoms with Crippen molar-refractivity contribution in [3.8, 4) is 5.75 Å². The van der Waals surface area contributed by atoms with Crippen LogP contribution in [0.1, 0.15) is 13.3 Å². The summed E-state index contributed by atoms with van der Waals surface area (Å²) >= 11 is 12.0. The van der Waals surface area contributed by atoms with Gasteiger partial charge in [0.05, 0.1) is 17.5 Å². The Morgan fingerprint density at radius 2 is 2.00 bits per heavy atom. The van der Waals surface area contributed by atoms with E-state index in [0.29, 0.717) is 0 Å². The van der Waals surface area contributed by atoms with E-state index >= 15 is 0 Å². The summed E-state index contributed by atoms with van der Waals surface area (Å²) < 4.78 is 31.4. The average molecular weight is 368 g/mol. The van der Waals surface area contributed by atoms with Crippen molar-refractivity contribution in [3.63, 3.8) is 0 Å². The lowest BCUT2D eigenvalue weighted by molar-refractivity contribution is -0.146. The molecule has 1 N–H and O–H groups in total. The molecule has 1 atom stereocenters. The highest BCUT2D eigenvalue weighted by Gasteiger charge is 2.45. The van der Waals surface area contributed by atoms with Crippen molar-refractivity contribution < 1.29 is 23.1 Å². The van der Waals surface area contributed by atoms with Crippen molar-refractivity contribution >= 4 is 39.2 Å². The highest BCUT2D eigenvalue weighted by Crippen LogP contribution is 2.40. The number of sulfonamides is 1. The van der Waals surface area contributed by atoms with Crippen LogP contribution in [0, 0.1) is 5.41 Å². The molecule has 0 saturated carbocycles. The number of benzene rings is 1. The Balaban J connectivity index is 2.41. The van der Waals surface area contributed by atoms with Gasteiger partial charge in [-0.25, -0.2) is 8.42 Å². The predicted octanol–water partition coefficient (Wildman–Crippen LogP) is 2.49. The van der Waals surface area contributed by atoms with Crippen molar-refractivity contribution in [2.75, 3.05) is 20.2 Å². The fraction of sp³-hybridized carbons (Fsp3) is 0.462. The molecule has 22 heavy (non-hydrogen) atoms. The number of aliphatic carboxylic acids is 1. The van der Waals surface area contributed by atoms with Crippen LogP contribution in [0.5, 0.6) is 5.75 Å². The van der Waals surface area contributed by atoms with Crippen molar-refractivity contribution in [2.24, 2.45) is 5.41 Å². The first-order valence-corrected chi connectivity index (χ1v) is 8.58. The highest BCUT2D eigenvalue weighted by molar-refractivity contribution is 7.89. The Morgan fingerprint density at radius 3 is 2.50 bits per heavy atom. The molecule has 0 bridgehead atoms. The molecule has 1 heterocycles. The topological polar surface area (TPSA) is 83.9 Å². The van der Waals surface area contributed by atoms with Crippen molar-refractivity contribution in [3.05, 3.63) is 22.2 Å². The van der Waals surface area contributed by atoms with Crippen LogP contribution < -0.4 is 4.74 Å². The van der Waals surface area contributed by atoms with Crippen molar-refractivity contribution in [1.29, 1.82) is 0 Å². The second-order valence-electron chi connectivity index (χ2n) is 5.35. The van der Waals surface area contributed by atoms with E-state index in [9.17, 15) is 18.3 Å². The zero-order valence-corrected chi connectivity index (χ0v) is 14.3. The summed E-state index contributed by atoms with van der Waals surface area (Å²) in [6.07, 6.45) is 0.239. The Kier molecular flexibility index (Phi) is 4.64. The van der Waals surface area contributed by atoms with Crippen LogP contribution in [0.2, 0.25) is 10.0 Å². The van der Waals surface area contributed by atoms with Crippen LogP contribution in [0.4, 0.5) is 0 Å². The van der Waals surface area contributed by atoms with Crippen LogP contribution in [-0.2, 0) is 14.8 Å². The van der Waals surface area contributed by atoms with Gasteiger partial charge in [0.1, 0.15) is 15.7 Å². The molecule has 1 aliphatic heterocycles. The van der Waals surface area contributed by atoms with Gasteiger partial charge in [0.15, 0.2) is 0 Å². The third kappa shape index (κ3) is 2.78. The molecular weight excluding hydrogens is 353 g/mol. The molecule has 1 aromatic carbocycles. The van der Waals surface area contributed by atoms with Gasteiger partial charge in [0, 0.05) is 13.1 Å². The van der Waals surface area contributed by atoms with Gasteiger partial charge in [0.25, 0.3) is 0 Å². The number of halogens is 2. The molecule has 122 valence electrons. The van der Waals surface area contributed by atoms with Crippen LogP contribution in [0.3, 0.4) is 0 Å². The smallest absolute Gasteiger partial charge is 0.310 e. The molecule has 1 aromatic rings. The third-order valence-corrected chi connectivity index (χ3v) is 6.67. The first-order chi connectivity index (χ1) is 10.1. The molecule has 1 aliphatic rings. The van der Waals surface area contributed by atoms with E-state index in [-0.39, 0.29) is 40.2 Å². The lowest BCUT2D eigenvalue weighted by Gasteiger charge is -2.21. The molecule has 9 heteroatoms. The van der Waals surface area contributed by atoms with Gasteiger partial charge < -0.3 is 9.84 Å². The first-order valence-electron chi connectivity index (χ1n) is 6.39. The van der Waals surface area contributed by atoms with Crippen LogP contribution >= 0.6 is 23.2 Å². The zero-order chi connectivity index (χ0) is 16.7. The SMILES string of the molecule is COc1ccc(S(=O)(=O)N2CCC(C)(C(=O)O)C2)c(Cl)c1Cl. The number of ether oxygens (including phenoxy) is 1. The van der Waals surface area contributed by atoms with E-state index in [1.54, 1.807) is 0 Å². The summed E-state index contributed by atoms with van der Waals surface area (Å²) in [5.41, 5.74) is -1.10. The van der Waals surface area contributed by atoms with E-state index in [1.807, 2.05) is 0 Å². The standard InChI is InChI=1S/C13H15Cl2NO5S/c1-13(12(17)18)5-6-16(7-13)22(19,20)9-4-3-8(21-2)10(14)11(9)15/h3-4H,5-7H2,1-2H3,(H,17,18). The number of methoxy groups -OCH3 is 1. The molecule has 2 rings (SSSR count). The van der Waals surface area contributed by atoms with E-state index < -0.39 is 21.4 Å². The molecule has 0 spiro atoms. The second kappa shape index (κ2) is 5.88. The maximum absolute atomic E-state index is 12.7. The number of rotatable bonds is 4. The summed E-state index contributed by atoms with van der Waals surface area (Å²) in [6, 6.07) is 2.71. The number of carboxylic acid groups (broad SMARTS) is 1. The van der Waals surface area contributed by atoms with E-state index in [4.69, 9.17) is 27.9 Å². The second-order valence-corrected chi connectivity index (χ2v) is 8.01. The Morgan fingerprint density at radius 1 is 1.36 bits per heavy atom. The number of carbonyl (C=O) groups is 1. The quantitative estimate of drug-likeness (QED) is 0.883. The van der Waals surface area contributed by atoms with Crippen molar-refractivity contribution in [1.82, 2.24) is 4.31 Å². The molecule has 0 aromatic heterocycles. The average Bonchev–Trinajstić information content (AvgIpc) is 2.86. The van der Waals surface area contributed by atoms with Gasteiger partial charge >= 0.3 is 5.97 Å². The zero-order valence-electron chi connectivity index (χ0n) is 12.0. The summed E-state index contributed by atoms with van der Waals surface area (Å²) in [6.45, 7) is 1.53. The van der Waals surface area contributed by atoms with Crippen molar-refractivity contribution in [2.45, 2.75) is 18.2 Å². The Bertz CT molecular complexity index is 721. The minimum Gasteiger partial charge on any atom is -0.495 e. The van der Waals surface area contributed by atoms with Gasteiger partial charge in [-0.2, -0.15) is 4.31 Å². The molecule has 1 unspecified atom stereocenters. The van der Waals surface area contributed by atoms with Crippen LogP contribution in [-0.4, -0.2) is 44.0 Å². The Hall–Kier alpha value is -1.02. The summed E-state index contributed by atoms with van der Waals surface area (Å²) in [4.78, 5) is 11.1. The molecule has 0 radical (unpaired) electrons. The molecule has 6 nitrogen and oxygen atoms in total. The third-order valence-electron chi connectivity index (χ3n) is 3.80. The number of carboxylic acids is 1. The largest absolute Gasteiger partial charge is 0.495 e.